The molecule has 24 heavy (non-hydrogen) atoms. The summed E-state index contributed by atoms with van der Waals surface area (Å²) in [6.45, 7) is 2.90. The molecule has 1 aromatic heterocycles. The molecule has 0 radical (unpaired) electrons. The van der Waals surface area contributed by atoms with Crippen LogP contribution in [-0.4, -0.2) is 53.1 Å². The van der Waals surface area contributed by atoms with Crippen molar-refractivity contribution >= 4 is 23.0 Å². The van der Waals surface area contributed by atoms with Gasteiger partial charge in [-0.25, -0.2) is 14.6 Å². The number of carbonyl (C=O) groups excluding carboxylic acids is 2. The normalized spacial score (nSPS) is 16.8. The van der Waals surface area contributed by atoms with E-state index in [1.54, 1.807) is 11.8 Å². The summed E-state index contributed by atoms with van der Waals surface area (Å²) in [7, 11) is 1.31. The maximum Gasteiger partial charge on any atom is 0.328 e. The van der Waals surface area contributed by atoms with Gasteiger partial charge in [0.25, 0.3) is 0 Å². The minimum Gasteiger partial charge on any atom is -0.467 e. The lowest BCUT2D eigenvalue weighted by molar-refractivity contribution is -0.142. The van der Waals surface area contributed by atoms with Gasteiger partial charge in [0.15, 0.2) is 0 Å². The van der Waals surface area contributed by atoms with E-state index in [9.17, 15) is 9.59 Å². The number of para-hydroxylation sites is 2. The van der Waals surface area contributed by atoms with Crippen LogP contribution in [0, 0.1) is 0 Å². The van der Waals surface area contributed by atoms with Crippen molar-refractivity contribution < 1.29 is 14.3 Å². The second-order valence-corrected chi connectivity index (χ2v) is 6.09. The van der Waals surface area contributed by atoms with E-state index in [0.29, 0.717) is 19.0 Å². The Bertz CT molecular complexity index is 701. The summed E-state index contributed by atoms with van der Waals surface area (Å²) in [5, 5.41) is 2.67. The van der Waals surface area contributed by atoms with Gasteiger partial charge in [-0.3, -0.25) is 0 Å². The predicted octanol–water partition coefficient (Wildman–Crippen LogP) is 2.01. The fraction of sp³-hybridized carbons (Fsp3) is 0.471. The van der Waals surface area contributed by atoms with Crippen LogP contribution in [0.1, 0.15) is 31.5 Å². The molecule has 1 aliphatic heterocycles. The van der Waals surface area contributed by atoms with E-state index in [0.717, 1.165) is 29.7 Å². The lowest BCUT2D eigenvalue weighted by Gasteiger charge is -2.31. The summed E-state index contributed by atoms with van der Waals surface area (Å²) >= 11 is 0. The van der Waals surface area contributed by atoms with Gasteiger partial charge in [0.1, 0.15) is 11.9 Å². The van der Waals surface area contributed by atoms with E-state index >= 15 is 0 Å². The van der Waals surface area contributed by atoms with Crippen molar-refractivity contribution in [3.05, 3.63) is 30.1 Å². The molecule has 7 nitrogen and oxygen atoms in total. The molecule has 3 rings (SSSR count). The van der Waals surface area contributed by atoms with Gasteiger partial charge in [0.2, 0.25) is 0 Å². The molecule has 1 saturated heterocycles. The molecule has 0 spiro atoms. The third kappa shape index (κ3) is 3.34. The Hall–Kier alpha value is -2.57. The van der Waals surface area contributed by atoms with Gasteiger partial charge in [0, 0.05) is 19.0 Å². The van der Waals surface area contributed by atoms with Crippen LogP contribution in [0.2, 0.25) is 0 Å². The zero-order valence-corrected chi connectivity index (χ0v) is 13.9. The van der Waals surface area contributed by atoms with Gasteiger partial charge in [0.05, 0.1) is 18.1 Å². The van der Waals surface area contributed by atoms with Crippen molar-refractivity contribution in [1.29, 1.82) is 0 Å². The van der Waals surface area contributed by atoms with Crippen molar-refractivity contribution in [2.75, 3.05) is 20.2 Å². The molecule has 1 unspecified atom stereocenters. The number of rotatable bonds is 3. The number of esters is 1. The van der Waals surface area contributed by atoms with Gasteiger partial charge in [-0.15, -0.1) is 0 Å². The number of amides is 2. The summed E-state index contributed by atoms with van der Waals surface area (Å²) in [6.07, 6.45) is 1.69. The fourth-order valence-corrected chi connectivity index (χ4v) is 3.03. The first-order chi connectivity index (χ1) is 11.6. The van der Waals surface area contributed by atoms with Gasteiger partial charge in [-0.05, 0) is 31.9 Å². The van der Waals surface area contributed by atoms with E-state index in [4.69, 9.17) is 0 Å². The monoisotopic (exact) mass is 330 g/mol. The number of nitrogens with zero attached hydrogens (tertiary/aromatic N) is 2. The molecule has 0 aliphatic carbocycles. The summed E-state index contributed by atoms with van der Waals surface area (Å²) in [6, 6.07) is 7.10. The molecule has 1 aromatic carbocycles. The van der Waals surface area contributed by atoms with E-state index in [2.05, 4.69) is 20.0 Å². The number of likely N-dealkylation sites (tertiary alicyclic amines) is 1. The number of imidazole rings is 1. The van der Waals surface area contributed by atoms with Crippen LogP contribution in [0.4, 0.5) is 4.79 Å². The molecular weight excluding hydrogens is 308 g/mol. The minimum absolute atomic E-state index is 0.226. The van der Waals surface area contributed by atoms with E-state index < -0.39 is 12.0 Å². The summed E-state index contributed by atoms with van der Waals surface area (Å²) < 4.78 is 4.62. The molecule has 2 N–H and O–H groups in total. The quantitative estimate of drug-likeness (QED) is 0.843. The minimum atomic E-state index is -0.643. The Morgan fingerprint density at radius 1 is 1.33 bits per heavy atom. The van der Waals surface area contributed by atoms with Crippen LogP contribution in [0.5, 0.6) is 0 Å². The van der Waals surface area contributed by atoms with Crippen molar-refractivity contribution in [3.63, 3.8) is 0 Å². The standard InChI is InChI=1S/C17H22N4O3/c1-11(16(22)24-2)18-17(23)21-9-7-12(8-10-21)15-19-13-5-3-4-6-14(13)20-15/h3-6,11-12H,7-10H2,1-2H3,(H,18,23)(H,19,20). The molecule has 2 aromatic rings. The number of hydrogen-bond acceptors (Lipinski definition) is 4. The Balaban J connectivity index is 1.57. The number of H-pyrrole nitrogens is 1. The Kier molecular flexibility index (Phi) is 4.69. The van der Waals surface area contributed by atoms with Crippen molar-refractivity contribution in [1.82, 2.24) is 20.2 Å². The van der Waals surface area contributed by atoms with E-state index in [1.165, 1.54) is 7.11 Å². The number of hydrogen-bond donors (Lipinski definition) is 2. The summed E-state index contributed by atoms with van der Waals surface area (Å²) in [4.78, 5) is 33.3. The third-order valence-electron chi connectivity index (χ3n) is 4.47. The maximum absolute atomic E-state index is 12.2. The number of aromatic amines is 1. The lowest BCUT2D eigenvalue weighted by Crippen LogP contribution is -2.49. The average Bonchev–Trinajstić information content (AvgIpc) is 3.05. The summed E-state index contributed by atoms with van der Waals surface area (Å²) in [5.74, 6) is 0.860. The van der Waals surface area contributed by atoms with Gasteiger partial charge >= 0.3 is 12.0 Å². The number of ether oxygens (including phenoxy) is 1. The SMILES string of the molecule is COC(=O)C(C)NC(=O)N1CCC(c2nc3ccccc3[nH]2)CC1. The molecule has 1 atom stereocenters. The lowest BCUT2D eigenvalue weighted by atomic mass is 9.96. The molecule has 1 aliphatic rings. The number of nitrogens with one attached hydrogen (secondary N) is 2. The third-order valence-corrected chi connectivity index (χ3v) is 4.47. The zero-order chi connectivity index (χ0) is 17.1. The largest absolute Gasteiger partial charge is 0.467 e. The molecule has 7 heteroatoms. The zero-order valence-electron chi connectivity index (χ0n) is 13.9. The number of benzene rings is 1. The first kappa shape index (κ1) is 16.3. The highest BCUT2D eigenvalue weighted by Gasteiger charge is 2.27. The van der Waals surface area contributed by atoms with Crippen LogP contribution < -0.4 is 5.32 Å². The second kappa shape index (κ2) is 6.90. The number of piperidine rings is 1. The second-order valence-electron chi connectivity index (χ2n) is 6.09. The highest BCUT2D eigenvalue weighted by Crippen LogP contribution is 2.27. The Labute approximate surface area is 140 Å². The number of carbonyl (C=O) groups is 2. The first-order valence-electron chi connectivity index (χ1n) is 8.16. The fourth-order valence-electron chi connectivity index (χ4n) is 3.03. The molecule has 2 amide bonds. The Morgan fingerprint density at radius 3 is 2.71 bits per heavy atom. The van der Waals surface area contributed by atoms with Gasteiger partial charge in [-0.2, -0.15) is 0 Å². The van der Waals surface area contributed by atoms with Gasteiger partial charge in [-0.1, -0.05) is 12.1 Å². The Morgan fingerprint density at radius 2 is 2.04 bits per heavy atom. The molecule has 2 heterocycles. The number of aromatic nitrogens is 2. The van der Waals surface area contributed by atoms with Crippen LogP contribution in [0.3, 0.4) is 0 Å². The molecule has 1 fully saturated rings. The maximum atomic E-state index is 12.2. The van der Waals surface area contributed by atoms with E-state index in [1.807, 2.05) is 24.3 Å². The highest BCUT2D eigenvalue weighted by atomic mass is 16.5. The van der Waals surface area contributed by atoms with Crippen LogP contribution in [0.25, 0.3) is 11.0 Å². The van der Waals surface area contributed by atoms with Crippen molar-refractivity contribution in [2.45, 2.75) is 31.7 Å². The van der Waals surface area contributed by atoms with Crippen molar-refractivity contribution in [2.24, 2.45) is 0 Å². The van der Waals surface area contributed by atoms with E-state index in [-0.39, 0.29) is 6.03 Å². The molecule has 128 valence electrons. The van der Waals surface area contributed by atoms with Crippen LogP contribution in [0.15, 0.2) is 24.3 Å². The first-order valence-corrected chi connectivity index (χ1v) is 8.16. The molecule has 0 saturated carbocycles. The summed E-state index contributed by atoms with van der Waals surface area (Å²) in [5.41, 5.74) is 2.01. The molecular formula is C17H22N4O3. The average molecular weight is 330 g/mol. The van der Waals surface area contributed by atoms with Crippen LogP contribution >= 0.6 is 0 Å². The molecule has 0 bridgehead atoms. The topological polar surface area (TPSA) is 87.3 Å². The number of methoxy groups -OCH3 is 1. The van der Waals surface area contributed by atoms with Crippen LogP contribution in [-0.2, 0) is 9.53 Å². The van der Waals surface area contributed by atoms with Crippen molar-refractivity contribution in [3.8, 4) is 0 Å². The number of urea groups is 1. The predicted molar refractivity (Wildman–Crippen MR) is 89.7 cm³/mol. The smallest absolute Gasteiger partial charge is 0.328 e. The van der Waals surface area contributed by atoms with Gasteiger partial charge < -0.3 is 19.9 Å². The highest BCUT2D eigenvalue weighted by molar-refractivity contribution is 5.83. The number of fused-ring (bicyclic) bond motifs is 1.